The lowest BCUT2D eigenvalue weighted by Crippen LogP contribution is -1.96. The van der Waals surface area contributed by atoms with Gasteiger partial charge in [-0.3, -0.25) is 5.43 Å². The van der Waals surface area contributed by atoms with Crippen LogP contribution in [0.25, 0.3) is 0 Å². The molecule has 0 bridgehead atoms. The lowest BCUT2D eigenvalue weighted by atomic mass is 10.2. The van der Waals surface area contributed by atoms with Crippen LogP contribution in [0.3, 0.4) is 0 Å². The van der Waals surface area contributed by atoms with Crippen molar-refractivity contribution >= 4 is 23.0 Å². The second-order valence-electron chi connectivity index (χ2n) is 2.76. The van der Waals surface area contributed by atoms with E-state index in [-0.39, 0.29) is 5.71 Å². The fourth-order valence-corrected chi connectivity index (χ4v) is 1.04. The van der Waals surface area contributed by atoms with Gasteiger partial charge in [-0.25, -0.2) is 0 Å². The zero-order chi connectivity index (χ0) is 11.3. The smallest absolute Gasteiger partial charge is 0.237 e. The maximum absolute atomic E-state index is 8.43. The van der Waals surface area contributed by atoms with Crippen molar-refractivity contribution in [3.8, 4) is 12.1 Å². The molecule has 0 spiro atoms. The van der Waals surface area contributed by atoms with E-state index in [1.807, 2.05) is 13.0 Å². The van der Waals surface area contributed by atoms with E-state index in [4.69, 9.17) is 22.1 Å². The van der Waals surface area contributed by atoms with E-state index in [2.05, 4.69) is 10.5 Å². The molecule has 0 saturated heterocycles. The minimum absolute atomic E-state index is 0.230. The molecular formula is C10H7ClN4. The number of benzene rings is 1. The minimum Gasteiger partial charge on any atom is -0.276 e. The third kappa shape index (κ3) is 2.98. The van der Waals surface area contributed by atoms with Gasteiger partial charge >= 0.3 is 0 Å². The Morgan fingerprint density at radius 2 is 2.07 bits per heavy atom. The molecule has 0 unspecified atom stereocenters. The van der Waals surface area contributed by atoms with Crippen LogP contribution in [0.15, 0.2) is 23.3 Å². The van der Waals surface area contributed by atoms with Gasteiger partial charge in [0.2, 0.25) is 5.71 Å². The van der Waals surface area contributed by atoms with E-state index >= 15 is 0 Å². The third-order valence-electron chi connectivity index (χ3n) is 1.68. The maximum Gasteiger partial charge on any atom is 0.237 e. The van der Waals surface area contributed by atoms with Gasteiger partial charge in [0.25, 0.3) is 0 Å². The van der Waals surface area contributed by atoms with Crippen molar-refractivity contribution in [1.82, 2.24) is 0 Å². The Kier molecular flexibility index (Phi) is 3.68. The largest absolute Gasteiger partial charge is 0.276 e. The van der Waals surface area contributed by atoms with Crippen LogP contribution in [-0.4, -0.2) is 5.71 Å². The number of hydrazone groups is 1. The van der Waals surface area contributed by atoms with E-state index in [0.29, 0.717) is 10.7 Å². The second-order valence-corrected chi connectivity index (χ2v) is 3.17. The SMILES string of the molecule is Cc1ccc(NN=C(C#N)C#N)cc1Cl. The number of nitrogens with zero attached hydrogens (tertiary/aromatic N) is 3. The molecule has 0 aliphatic carbocycles. The summed E-state index contributed by atoms with van der Waals surface area (Å²) in [4.78, 5) is 0. The van der Waals surface area contributed by atoms with Crippen molar-refractivity contribution in [3.63, 3.8) is 0 Å². The van der Waals surface area contributed by atoms with Gasteiger partial charge < -0.3 is 0 Å². The van der Waals surface area contributed by atoms with Crippen LogP contribution in [0, 0.1) is 29.6 Å². The zero-order valence-corrected chi connectivity index (χ0v) is 8.71. The lowest BCUT2D eigenvalue weighted by Gasteiger charge is -2.02. The molecule has 15 heavy (non-hydrogen) atoms. The highest BCUT2D eigenvalue weighted by Gasteiger charge is 1.97. The van der Waals surface area contributed by atoms with Crippen LogP contribution in [-0.2, 0) is 0 Å². The van der Waals surface area contributed by atoms with Gasteiger partial charge in [0.15, 0.2) is 0 Å². The summed E-state index contributed by atoms with van der Waals surface area (Å²) in [6, 6.07) is 8.54. The highest BCUT2D eigenvalue weighted by molar-refractivity contribution is 6.31. The molecule has 0 aliphatic rings. The molecule has 0 heterocycles. The number of nitrogens with one attached hydrogen (secondary N) is 1. The lowest BCUT2D eigenvalue weighted by molar-refractivity contribution is 1.33. The van der Waals surface area contributed by atoms with Crippen LogP contribution in [0.2, 0.25) is 5.02 Å². The Morgan fingerprint density at radius 1 is 1.40 bits per heavy atom. The molecule has 0 atom stereocenters. The van der Waals surface area contributed by atoms with Crippen molar-refractivity contribution in [3.05, 3.63) is 28.8 Å². The number of anilines is 1. The van der Waals surface area contributed by atoms with Crippen molar-refractivity contribution in [2.24, 2.45) is 5.10 Å². The fourth-order valence-electron chi connectivity index (χ4n) is 0.858. The van der Waals surface area contributed by atoms with Crippen LogP contribution < -0.4 is 5.43 Å². The number of halogens is 1. The normalized spacial score (nSPS) is 8.53. The number of hydrogen-bond acceptors (Lipinski definition) is 4. The Morgan fingerprint density at radius 3 is 2.60 bits per heavy atom. The molecule has 74 valence electrons. The molecule has 0 amide bonds. The molecule has 1 rings (SSSR count). The van der Waals surface area contributed by atoms with Crippen molar-refractivity contribution in [2.75, 3.05) is 5.43 Å². The van der Waals surface area contributed by atoms with Gasteiger partial charge in [-0.1, -0.05) is 17.7 Å². The van der Waals surface area contributed by atoms with E-state index in [1.165, 1.54) is 0 Å². The summed E-state index contributed by atoms with van der Waals surface area (Å²) < 4.78 is 0. The Balaban J connectivity index is 2.84. The fraction of sp³-hybridized carbons (Fsp3) is 0.100. The Labute approximate surface area is 92.4 Å². The van der Waals surface area contributed by atoms with Gasteiger partial charge in [-0.15, -0.1) is 0 Å². The number of aryl methyl sites for hydroxylation is 1. The molecule has 1 aromatic carbocycles. The Bertz CT molecular complexity index is 463. The Hall–Kier alpha value is -2.04. The van der Waals surface area contributed by atoms with Crippen LogP contribution in [0.1, 0.15) is 5.56 Å². The van der Waals surface area contributed by atoms with E-state index in [9.17, 15) is 0 Å². The van der Waals surface area contributed by atoms with Crippen molar-refractivity contribution in [2.45, 2.75) is 6.92 Å². The number of nitriles is 2. The highest BCUT2D eigenvalue weighted by Crippen LogP contribution is 2.19. The molecule has 5 heteroatoms. The zero-order valence-electron chi connectivity index (χ0n) is 7.95. The van der Waals surface area contributed by atoms with Crippen molar-refractivity contribution < 1.29 is 0 Å². The summed E-state index contributed by atoms with van der Waals surface area (Å²) >= 11 is 5.88. The van der Waals surface area contributed by atoms with Gasteiger partial charge in [0, 0.05) is 5.02 Å². The van der Waals surface area contributed by atoms with Crippen molar-refractivity contribution in [1.29, 1.82) is 10.5 Å². The average Bonchev–Trinajstić information content (AvgIpc) is 2.24. The summed E-state index contributed by atoms with van der Waals surface area (Å²) in [5, 5.41) is 21.1. The molecular weight excluding hydrogens is 212 g/mol. The summed E-state index contributed by atoms with van der Waals surface area (Å²) in [6.45, 7) is 1.88. The number of rotatable bonds is 2. The second kappa shape index (κ2) is 4.99. The molecule has 4 nitrogen and oxygen atoms in total. The highest BCUT2D eigenvalue weighted by atomic mass is 35.5. The first-order valence-electron chi connectivity index (χ1n) is 4.07. The molecule has 0 fully saturated rings. The van der Waals surface area contributed by atoms with Crippen LogP contribution in [0.4, 0.5) is 5.69 Å². The standard InChI is InChI=1S/C10H7ClN4/c1-7-2-3-8(4-10(7)11)14-15-9(5-12)6-13/h2-4,14H,1H3. The molecule has 0 aliphatic heterocycles. The average molecular weight is 219 g/mol. The molecule has 0 saturated carbocycles. The maximum atomic E-state index is 8.43. The summed E-state index contributed by atoms with van der Waals surface area (Å²) in [5.74, 6) is 0. The molecule has 0 radical (unpaired) electrons. The molecule has 0 aromatic heterocycles. The van der Waals surface area contributed by atoms with E-state index in [0.717, 1.165) is 5.56 Å². The van der Waals surface area contributed by atoms with E-state index in [1.54, 1.807) is 24.3 Å². The monoisotopic (exact) mass is 218 g/mol. The minimum atomic E-state index is -0.230. The van der Waals surface area contributed by atoms with Crippen LogP contribution in [0.5, 0.6) is 0 Å². The van der Waals surface area contributed by atoms with Crippen LogP contribution >= 0.6 is 11.6 Å². The van der Waals surface area contributed by atoms with Gasteiger partial charge in [0.05, 0.1) is 5.69 Å². The first-order valence-corrected chi connectivity index (χ1v) is 4.45. The summed E-state index contributed by atoms with van der Waals surface area (Å²) in [6.07, 6.45) is 0. The van der Waals surface area contributed by atoms with Gasteiger partial charge in [-0.2, -0.15) is 15.6 Å². The summed E-state index contributed by atoms with van der Waals surface area (Å²) in [5.41, 5.74) is 3.93. The number of hydrogen-bond donors (Lipinski definition) is 1. The predicted molar refractivity (Wildman–Crippen MR) is 58.5 cm³/mol. The topological polar surface area (TPSA) is 72.0 Å². The van der Waals surface area contributed by atoms with E-state index < -0.39 is 0 Å². The van der Waals surface area contributed by atoms with Gasteiger partial charge in [0.1, 0.15) is 12.1 Å². The van der Waals surface area contributed by atoms with Gasteiger partial charge in [-0.05, 0) is 24.6 Å². The molecule has 1 N–H and O–H groups in total. The third-order valence-corrected chi connectivity index (χ3v) is 2.09. The predicted octanol–water partition coefficient (Wildman–Crippen LogP) is 2.46. The summed E-state index contributed by atoms with van der Waals surface area (Å²) in [7, 11) is 0. The first kappa shape index (κ1) is 11.0. The first-order chi connectivity index (χ1) is 7.17. The molecule has 1 aromatic rings. The quantitative estimate of drug-likeness (QED) is 0.612.